The van der Waals surface area contributed by atoms with Crippen LogP contribution in [0.1, 0.15) is 61.9 Å². The van der Waals surface area contributed by atoms with Crippen molar-refractivity contribution in [3.05, 3.63) is 112 Å². The largest absolute Gasteiger partial charge is 0.377 e. The minimum Gasteiger partial charge on any atom is -0.377 e. The van der Waals surface area contributed by atoms with E-state index in [1.54, 1.807) is 18.2 Å². The quantitative estimate of drug-likeness (QED) is 0.169. The number of hydrogen-bond donors (Lipinski definition) is 4. The Labute approximate surface area is 245 Å². The number of aryl methyl sites for hydroxylation is 1. The summed E-state index contributed by atoms with van der Waals surface area (Å²) in [5, 5.41) is 19.9. The lowest BCUT2D eigenvalue weighted by atomic mass is 10.00. The lowest BCUT2D eigenvalue weighted by Gasteiger charge is -2.24. The van der Waals surface area contributed by atoms with Crippen LogP contribution in [0, 0.1) is 24.1 Å². The fourth-order valence-electron chi connectivity index (χ4n) is 5.11. The molecule has 0 radical (unpaired) electrons. The Morgan fingerprint density at radius 3 is 2.68 bits per heavy atom. The van der Waals surface area contributed by atoms with E-state index in [-0.39, 0.29) is 11.9 Å². The van der Waals surface area contributed by atoms with Crippen LogP contribution in [0.15, 0.2) is 78.8 Å². The van der Waals surface area contributed by atoms with Crippen molar-refractivity contribution in [3.8, 4) is 6.07 Å². The maximum absolute atomic E-state index is 13.9. The van der Waals surface area contributed by atoms with Gasteiger partial charge in [-0.2, -0.15) is 5.26 Å². The van der Waals surface area contributed by atoms with Gasteiger partial charge in [0.1, 0.15) is 11.9 Å². The number of benzene rings is 3. The Hall–Kier alpha value is -4.32. The number of fused-ring (bicyclic) bond motifs is 1. The number of anilines is 2. The minimum absolute atomic E-state index is 0.0557. The second-order valence-electron chi connectivity index (χ2n) is 10.5. The number of nitriles is 1. The predicted molar refractivity (Wildman–Crippen MR) is 161 cm³/mol. The molecule has 2 atom stereocenters. The summed E-state index contributed by atoms with van der Waals surface area (Å²) in [4.78, 5) is 4.50. The molecule has 2 aliphatic rings. The van der Waals surface area contributed by atoms with Crippen molar-refractivity contribution in [3.63, 3.8) is 0 Å². The monoisotopic (exact) mass is 568 g/mol. The summed E-state index contributed by atoms with van der Waals surface area (Å²) < 4.78 is 23.5. The highest BCUT2D eigenvalue weighted by Gasteiger charge is 2.32. The normalized spacial score (nSPS) is 17.2. The maximum Gasteiger partial charge on any atom is 0.123 e. The predicted octanol–water partition coefficient (Wildman–Crippen LogP) is 7.25. The van der Waals surface area contributed by atoms with Gasteiger partial charge in [-0.25, -0.2) is 4.39 Å². The number of pyridine rings is 1. The van der Waals surface area contributed by atoms with Gasteiger partial charge in [-0.3, -0.25) is 9.99 Å². The third-order valence-corrected chi connectivity index (χ3v) is 7.70. The summed E-state index contributed by atoms with van der Waals surface area (Å²) in [5.74, 6) is -0.383. The van der Waals surface area contributed by atoms with Gasteiger partial charge < -0.3 is 16.1 Å². The Bertz CT molecular complexity index is 1720. The van der Waals surface area contributed by atoms with Gasteiger partial charge in [0.25, 0.3) is 0 Å². The lowest BCUT2D eigenvalue weighted by Crippen LogP contribution is -2.38. The van der Waals surface area contributed by atoms with Crippen LogP contribution in [-0.4, -0.2) is 16.0 Å². The standard InChI is InChI=1S/C32H31ClFN7/c1-3-28(21-6-4-5-19(2)13-21)38-30-22(16-35)17-36-32-26(30)14-24(15-27(32)33)37-31(20-7-9-23(34)10-8-20)29-18-41(40-39-29)25-11-12-25/h4-10,13-15,17-18,25,28,31,37,39-40H,3,11-12H2,1-2H3,(H,36,38)/t28-,31?/m1/s1/i31D. The van der Waals surface area contributed by atoms with Gasteiger partial charge in [-0.15, -0.1) is 5.53 Å². The first-order chi connectivity index (χ1) is 20.3. The van der Waals surface area contributed by atoms with Crippen molar-refractivity contribution >= 4 is 33.9 Å². The Morgan fingerprint density at radius 2 is 1.98 bits per heavy atom. The number of nitrogens with one attached hydrogen (secondary N) is 4. The minimum atomic E-state index is -1.53. The number of halogens is 2. The molecule has 9 heteroatoms. The highest BCUT2D eigenvalue weighted by atomic mass is 35.5. The molecule has 2 heterocycles. The highest BCUT2D eigenvalue weighted by Crippen LogP contribution is 2.38. The van der Waals surface area contributed by atoms with Gasteiger partial charge in [0.2, 0.25) is 0 Å². The van der Waals surface area contributed by atoms with Crippen molar-refractivity contribution in [1.82, 2.24) is 21.0 Å². The zero-order chi connectivity index (χ0) is 29.4. The van der Waals surface area contributed by atoms with Crippen LogP contribution >= 0.6 is 11.6 Å². The molecule has 0 spiro atoms. The first kappa shape index (κ1) is 25.6. The van der Waals surface area contributed by atoms with E-state index in [0.717, 1.165) is 30.4 Å². The molecule has 7 nitrogen and oxygen atoms in total. The number of hydrazine groups is 2. The zero-order valence-corrected chi connectivity index (χ0v) is 23.6. The zero-order valence-electron chi connectivity index (χ0n) is 23.8. The maximum atomic E-state index is 13.9. The molecule has 0 amide bonds. The van der Waals surface area contributed by atoms with Crippen molar-refractivity contribution < 1.29 is 5.76 Å². The topological polar surface area (TPSA) is 88.0 Å². The van der Waals surface area contributed by atoms with Crippen molar-refractivity contribution in [2.45, 2.75) is 51.2 Å². The van der Waals surface area contributed by atoms with Crippen molar-refractivity contribution in [1.29, 1.82) is 5.26 Å². The number of nitrogens with zero attached hydrogens (tertiary/aromatic N) is 3. The van der Waals surface area contributed by atoms with Crippen LogP contribution in [-0.2, 0) is 0 Å². The molecule has 41 heavy (non-hydrogen) atoms. The Balaban J connectivity index is 1.44. The summed E-state index contributed by atoms with van der Waals surface area (Å²) >= 11 is 6.79. The second kappa shape index (κ2) is 11.3. The number of aromatic nitrogens is 1. The van der Waals surface area contributed by atoms with Gasteiger partial charge in [0.15, 0.2) is 0 Å². The molecule has 1 aliphatic heterocycles. The summed E-state index contributed by atoms with van der Waals surface area (Å²) in [7, 11) is 0. The lowest BCUT2D eigenvalue weighted by molar-refractivity contribution is 0.260. The first-order valence-electron chi connectivity index (χ1n) is 14.2. The molecule has 1 aromatic heterocycles. The molecule has 4 aromatic rings. The van der Waals surface area contributed by atoms with Crippen LogP contribution in [0.3, 0.4) is 0 Å². The molecular weight excluding hydrogens is 537 g/mol. The smallest absolute Gasteiger partial charge is 0.123 e. The SMILES string of the molecule is [2H]C(Nc1cc(Cl)c2ncc(C#N)c(N[C@H](CC)c3cccc(C)c3)c2c1)(C1=CN(C2CC2)NN1)c1ccc(F)cc1. The van der Waals surface area contributed by atoms with E-state index in [1.807, 2.05) is 23.3 Å². The fraction of sp³-hybridized carbons (Fsp3) is 0.250. The van der Waals surface area contributed by atoms with Gasteiger partial charge >= 0.3 is 0 Å². The van der Waals surface area contributed by atoms with E-state index in [2.05, 4.69) is 64.7 Å². The van der Waals surface area contributed by atoms with E-state index in [1.165, 1.54) is 18.3 Å². The molecule has 6 rings (SSSR count). The van der Waals surface area contributed by atoms with Gasteiger partial charge in [-0.1, -0.05) is 60.5 Å². The molecule has 0 saturated heterocycles. The van der Waals surface area contributed by atoms with Gasteiger partial charge in [0.05, 0.1) is 40.9 Å². The van der Waals surface area contributed by atoms with Gasteiger partial charge in [0, 0.05) is 29.5 Å². The molecule has 208 valence electrons. The highest BCUT2D eigenvalue weighted by molar-refractivity contribution is 6.35. The summed E-state index contributed by atoms with van der Waals surface area (Å²) in [5.41, 5.74) is 11.7. The molecule has 1 saturated carbocycles. The number of hydrogen-bond acceptors (Lipinski definition) is 7. The molecule has 1 unspecified atom stereocenters. The van der Waals surface area contributed by atoms with E-state index in [0.29, 0.717) is 50.2 Å². The van der Waals surface area contributed by atoms with E-state index >= 15 is 0 Å². The van der Waals surface area contributed by atoms with Crippen LogP contribution in [0.25, 0.3) is 10.9 Å². The molecule has 3 aromatic carbocycles. The van der Waals surface area contributed by atoms with Gasteiger partial charge in [-0.05, 0) is 61.6 Å². The van der Waals surface area contributed by atoms with Crippen LogP contribution in [0.5, 0.6) is 0 Å². The molecular formula is C32H31ClFN7. The first-order valence-corrected chi connectivity index (χ1v) is 14.1. The summed E-state index contributed by atoms with van der Waals surface area (Å²) in [6, 6.07) is 18.8. The van der Waals surface area contributed by atoms with Crippen LogP contribution in [0.2, 0.25) is 5.02 Å². The Morgan fingerprint density at radius 1 is 1.17 bits per heavy atom. The van der Waals surface area contributed by atoms with E-state index < -0.39 is 6.02 Å². The van der Waals surface area contributed by atoms with Crippen molar-refractivity contribution in [2.75, 3.05) is 10.6 Å². The molecule has 1 aliphatic carbocycles. The van der Waals surface area contributed by atoms with Crippen LogP contribution in [0.4, 0.5) is 15.8 Å². The third-order valence-electron chi connectivity index (χ3n) is 7.42. The number of rotatable bonds is 9. The summed E-state index contributed by atoms with van der Waals surface area (Å²) in [6.07, 6.45) is 6.33. The third kappa shape index (κ3) is 5.64. The molecule has 0 bridgehead atoms. The second-order valence-corrected chi connectivity index (χ2v) is 10.9. The Kier molecular flexibility index (Phi) is 7.05. The average molecular weight is 569 g/mol. The van der Waals surface area contributed by atoms with Crippen LogP contribution < -0.4 is 21.6 Å². The molecule has 4 N–H and O–H groups in total. The fourth-order valence-corrected chi connectivity index (χ4v) is 5.38. The summed E-state index contributed by atoms with van der Waals surface area (Å²) in [6.45, 7) is 4.15. The average Bonchev–Trinajstić information content (AvgIpc) is 3.71. The van der Waals surface area contributed by atoms with E-state index in [9.17, 15) is 11.0 Å². The molecule has 1 fully saturated rings. The van der Waals surface area contributed by atoms with Crippen molar-refractivity contribution in [2.24, 2.45) is 0 Å². The van der Waals surface area contributed by atoms with E-state index in [4.69, 9.17) is 11.6 Å².